The highest BCUT2D eigenvalue weighted by Crippen LogP contribution is 2.08. The molecule has 0 aliphatic carbocycles. The Morgan fingerprint density at radius 2 is 0.833 bits per heavy atom. The summed E-state index contributed by atoms with van der Waals surface area (Å²) in [5, 5.41) is -5.00. The van der Waals surface area contributed by atoms with Gasteiger partial charge in [-0.25, -0.2) is 0 Å². The van der Waals surface area contributed by atoms with E-state index in [1.807, 2.05) is 0 Å². The summed E-state index contributed by atoms with van der Waals surface area (Å²) in [4.78, 5) is 0. The van der Waals surface area contributed by atoms with Gasteiger partial charge in [-0.2, -0.15) is 0 Å². The van der Waals surface area contributed by atoms with Gasteiger partial charge in [-0.05, 0) is 0 Å². The molecule has 0 saturated carbocycles. The number of rotatable bonds is 0. The maximum absolute atomic E-state index is 9.62. The van der Waals surface area contributed by atoms with Gasteiger partial charge in [0.15, 0.2) is 0 Å². The Kier molecular flexibility index (Phi) is 2.95. The van der Waals surface area contributed by atoms with Gasteiger partial charge in [0, 0.05) is 0 Å². The molecule has 0 heterocycles. The van der Waals surface area contributed by atoms with Crippen LogP contribution in [0.5, 0.6) is 0 Å². The molecule has 0 aliphatic heterocycles. The third-order valence-corrected chi connectivity index (χ3v) is 0. The maximum atomic E-state index is 9.62. The second-order valence-corrected chi connectivity index (χ2v) is 0.383. The van der Waals surface area contributed by atoms with Crippen molar-refractivity contribution in [1.82, 2.24) is 0 Å². The van der Waals surface area contributed by atoms with Gasteiger partial charge < -0.3 is 5.48 Å². The van der Waals surface area contributed by atoms with E-state index < -0.39 is 5.37 Å². The van der Waals surface area contributed by atoms with Crippen LogP contribution in [0, 0.1) is 0 Å². The van der Waals surface area contributed by atoms with E-state index in [4.69, 9.17) is 0 Å². The molecule has 0 aromatic rings. The van der Waals surface area contributed by atoms with Gasteiger partial charge in [-0.1, -0.05) is 0 Å². The van der Waals surface area contributed by atoms with Gasteiger partial charge in [0.05, 0.1) is 0 Å². The van der Waals surface area contributed by atoms with Crippen molar-refractivity contribution in [3.8, 4) is 0 Å². The lowest BCUT2D eigenvalue weighted by Gasteiger charge is -1.71. The van der Waals surface area contributed by atoms with Crippen LogP contribution in [0.25, 0.3) is 0 Å². The zero-order valence-electron chi connectivity index (χ0n) is 2.41. The number of hydrogen-bond donors (Lipinski definition) is 0. The molecule has 6 heavy (non-hydrogen) atoms. The molecule has 0 radical (unpaired) electrons. The monoisotopic (exact) mass is 107 g/mol. The smallest absolute Gasteiger partial charge is 0.440 e. The van der Waals surface area contributed by atoms with Crippen LogP contribution in [-0.2, 0) is 0 Å². The van der Waals surface area contributed by atoms with E-state index in [1.165, 1.54) is 0 Å². The number of nitrogens with zero attached hydrogens (tertiary/aromatic N) is 1. The highest BCUT2D eigenvalue weighted by molar-refractivity contribution is 2.73. The first-order valence-electron chi connectivity index (χ1n) is 0.676. The summed E-state index contributed by atoms with van der Waals surface area (Å²) in [7, 11) is 0. The van der Waals surface area contributed by atoms with Gasteiger partial charge >= 0.3 is 5.37 Å². The van der Waals surface area contributed by atoms with Gasteiger partial charge in [0.1, 0.15) is 17.9 Å². The fraction of sp³-hybridized carbons (Fsp3) is 0. The fourth-order valence-corrected chi connectivity index (χ4v) is 0. The summed E-state index contributed by atoms with van der Waals surface area (Å²) in [6.45, 7) is 0. The SMILES string of the molecule is F[N+](F)(F)F.[OH-]. The van der Waals surface area contributed by atoms with Crippen LogP contribution in [0.2, 0.25) is 0 Å². The highest BCUT2D eigenvalue weighted by atomic mass is 19.7. The van der Waals surface area contributed by atoms with Gasteiger partial charge in [0.2, 0.25) is 0 Å². The molecule has 0 aromatic heterocycles. The molecule has 0 unspecified atom stereocenters. The van der Waals surface area contributed by atoms with Gasteiger partial charge in [-0.15, -0.1) is 0 Å². The van der Waals surface area contributed by atoms with Crippen molar-refractivity contribution in [2.24, 2.45) is 0 Å². The van der Waals surface area contributed by atoms with Crippen LogP contribution >= 0.6 is 0 Å². The Bertz CT molecular complexity index is 23.0. The zero-order chi connectivity index (χ0) is 4.50. The summed E-state index contributed by atoms with van der Waals surface area (Å²) < 4.78 is 38.5. The van der Waals surface area contributed by atoms with E-state index in [0.29, 0.717) is 0 Å². The molecule has 2 nitrogen and oxygen atoms in total. The molecule has 0 bridgehead atoms. The summed E-state index contributed by atoms with van der Waals surface area (Å²) in [6.07, 6.45) is 0. The summed E-state index contributed by atoms with van der Waals surface area (Å²) in [5.41, 5.74) is 0. The third-order valence-electron chi connectivity index (χ3n) is 0. The molecule has 0 aromatic carbocycles. The lowest BCUT2D eigenvalue weighted by atomic mass is 13.3. The largest absolute Gasteiger partial charge is 0.870 e. The molecule has 6 heteroatoms. The standard InChI is InChI=1S/F4N.H2O/c1-5(2,3)4;/h;1H2/q+1;/p-1. The molecule has 40 valence electrons. The minimum absolute atomic E-state index is 0. The highest BCUT2D eigenvalue weighted by Gasteiger charge is 2.30. The maximum Gasteiger partial charge on any atom is 0.440 e. The second-order valence-electron chi connectivity index (χ2n) is 0.383. The molecule has 0 spiro atoms. The molecular formula is HF4NO. The first-order chi connectivity index (χ1) is 2.00. The normalized spacial score (nSPS) is 10.0. The van der Waals surface area contributed by atoms with E-state index in [0.717, 1.165) is 0 Å². The molecule has 0 saturated heterocycles. The first kappa shape index (κ1) is 9.16. The topological polar surface area (TPSA) is 30.0 Å². The molecule has 1 N–H and O–H groups in total. The van der Waals surface area contributed by atoms with E-state index in [-0.39, 0.29) is 5.48 Å². The summed E-state index contributed by atoms with van der Waals surface area (Å²) in [6, 6.07) is 0. The average molecular weight is 107 g/mol. The summed E-state index contributed by atoms with van der Waals surface area (Å²) in [5.74, 6) is 0. The molecule has 0 fully saturated rings. The Labute approximate surface area is 30.2 Å². The zero-order valence-corrected chi connectivity index (χ0v) is 2.41. The minimum Gasteiger partial charge on any atom is -0.870 e. The Morgan fingerprint density at radius 3 is 0.833 bits per heavy atom. The van der Waals surface area contributed by atoms with Crippen LogP contribution in [0.3, 0.4) is 0 Å². The summed E-state index contributed by atoms with van der Waals surface area (Å²) >= 11 is 0. The van der Waals surface area contributed by atoms with Gasteiger partial charge in [-0.3, -0.25) is 0 Å². The van der Waals surface area contributed by atoms with Crippen molar-refractivity contribution in [3.63, 3.8) is 0 Å². The Balaban J connectivity index is 0. The predicted octanol–water partition coefficient (Wildman–Crippen LogP) is 1.16. The number of quaternary nitrogens is 1. The van der Waals surface area contributed by atoms with Crippen LogP contribution < -0.4 is 0 Å². The fourth-order valence-electron chi connectivity index (χ4n) is 0. The average Bonchev–Trinajstić information content (AvgIpc) is 0.722. The Hall–Kier alpha value is -0.360. The van der Waals surface area contributed by atoms with Crippen molar-refractivity contribution in [1.29, 1.82) is 0 Å². The van der Waals surface area contributed by atoms with Crippen LogP contribution in [0.1, 0.15) is 0 Å². The number of halogens is 4. The van der Waals surface area contributed by atoms with Crippen molar-refractivity contribution in [2.45, 2.75) is 0 Å². The molecule has 0 rings (SSSR count). The van der Waals surface area contributed by atoms with Gasteiger partial charge in [0.25, 0.3) is 0 Å². The molecule has 0 amide bonds. The molecule has 0 atom stereocenters. The van der Waals surface area contributed by atoms with Crippen LogP contribution in [-0.4, -0.2) is 10.8 Å². The molecular weight excluding hydrogens is 106 g/mol. The van der Waals surface area contributed by atoms with Crippen molar-refractivity contribution in [3.05, 3.63) is 0 Å². The van der Waals surface area contributed by atoms with E-state index in [9.17, 15) is 17.9 Å². The predicted molar refractivity (Wildman–Crippen MR) is 6.63 cm³/mol. The molecule has 0 aliphatic rings. The lowest BCUT2D eigenvalue weighted by molar-refractivity contribution is -1.36. The van der Waals surface area contributed by atoms with Crippen molar-refractivity contribution in [2.75, 3.05) is 0 Å². The lowest BCUT2D eigenvalue weighted by Crippen LogP contribution is -1.99. The quantitative estimate of drug-likeness (QED) is 0.337. The number of hydrogen-bond acceptors (Lipinski definition) is 1. The minimum atomic E-state index is -5.00. The van der Waals surface area contributed by atoms with Crippen molar-refractivity contribution < 1.29 is 28.8 Å². The van der Waals surface area contributed by atoms with E-state index in [2.05, 4.69) is 0 Å². The van der Waals surface area contributed by atoms with Crippen LogP contribution in [0.15, 0.2) is 0 Å². The first-order valence-corrected chi connectivity index (χ1v) is 0.676. The third kappa shape index (κ3) is 196. The van der Waals surface area contributed by atoms with Crippen LogP contribution in [0.4, 0.5) is 17.9 Å². The van der Waals surface area contributed by atoms with Crippen molar-refractivity contribution >= 4 is 0 Å². The second kappa shape index (κ2) is 1.93. The van der Waals surface area contributed by atoms with E-state index >= 15 is 0 Å². The Morgan fingerprint density at radius 1 is 0.833 bits per heavy atom. The van der Waals surface area contributed by atoms with E-state index in [1.54, 1.807) is 0 Å².